The predicted octanol–water partition coefficient (Wildman–Crippen LogP) is 5.89. The van der Waals surface area contributed by atoms with Gasteiger partial charge in [0.1, 0.15) is 53.6 Å². The molecule has 6 heterocycles. The molecular formula is C82H153N5O26. The molecule has 0 aromatic carbocycles. The normalized spacial score (nSPS) is 46.4. The van der Waals surface area contributed by atoms with Gasteiger partial charge in [0.05, 0.1) is 101 Å². The van der Waals surface area contributed by atoms with Gasteiger partial charge in [-0.25, -0.2) is 0 Å². The Labute approximate surface area is 674 Å². The summed E-state index contributed by atoms with van der Waals surface area (Å²) in [6, 6.07) is -0.558. The summed E-state index contributed by atoms with van der Waals surface area (Å²) < 4.78 is 102. The maximum absolute atomic E-state index is 14.4. The van der Waals surface area contributed by atoms with Crippen molar-refractivity contribution in [2.45, 2.75) is 371 Å². The molecule has 0 aliphatic carbocycles. The number of likely N-dealkylation sites (N-methyl/N-ethyl adjacent to an activating group) is 2. The molecule has 113 heavy (non-hydrogen) atoms. The lowest BCUT2D eigenvalue weighted by molar-refractivity contribution is -0.322. The van der Waals surface area contributed by atoms with E-state index in [4.69, 9.17) is 87.3 Å². The second-order valence-electron chi connectivity index (χ2n) is 35.4. The lowest BCUT2D eigenvalue weighted by Gasteiger charge is -2.50. The summed E-state index contributed by atoms with van der Waals surface area (Å²) >= 11 is 0. The largest absolute Gasteiger partial charge is 0.459 e. The minimum absolute atomic E-state index is 0.120. The van der Waals surface area contributed by atoms with Crippen LogP contribution in [0, 0.1) is 47.3 Å². The molecule has 0 saturated carbocycles. The summed E-state index contributed by atoms with van der Waals surface area (Å²) in [5, 5.41) is 84.1. The Kier molecular flexibility index (Phi) is 38.4. The highest BCUT2D eigenvalue weighted by molar-refractivity contribution is 5.88. The van der Waals surface area contributed by atoms with E-state index in [2.05, 4.69) is 5.16 Å². The Hall–Kier alpha value is -2.88. The standard InChI is InChI=1S/C41H77N3O13.C41H76N2O13/c1-15-29-41(10,48)34(46)24(4)31(43-49)22(2)20-39(8,50-13)35(57-38-32(45)28(44(11)12)19-23(3)53-38)25(5)33(26(6)37(47)55-29)56-30-21-40(9,51-14)36(27(7)54-30)52-18-16-17-42;1-15-29-41(10,48)34(46)24(4)31(44)22(2)20-39(8,49-13)35(56-38-32(45)28(43(11)12)19-23(3)52-38)25(5)33(26(6)37(47)54-29)55-30-21-40(9,50-14)36(27(7)53-30)51-18-16-17-42/h22-30,32-36,38,45-46,48-49H,15-21,42H2,1-14H3;22-30,32-36,38,45-46,48H,15-21,42H2,1-14H3/b43-31+;/t2*22-,23-,24+,25+,26-,27+,28+,29-,30+,32-,33+,34-,35-,36+,38+,39-,40-,41-/m11/s1. The van der Waals surface area contributed by atoms with Gasteiger partial charge in [0.15, 0.2) is 25.2 Å². The van der Waals surface area contributed by atoms with Crippen LogP contribution in [0.3, 0.4) is 0 Å². The lowest BCUT2D eigenvalue weighted by atomic mass is 9.73. The zero-order chi connectivity index (χ0) is 85.7. The molecule has 662 valence electrons. The average Bonchev–Trinajstić information content (AvgIpc) is 0.772. The molecule has 0 aromatic heterocycles. The van der Waals surface area contributed by atoms with Crippen molar-refractivity contribution in [3.05, 3.63) is 0 Å². The van der Waals surface area contributed by atoms with E-state index < -0.39 is 204 Å². The van der Waals surface area contributed by atoms with Crippen LogP contribution in [-0.2, 0) is 90.2 Å². The monoisotopic (exact) mass is 1620 g/mol. The predicted molar refractivity (Wildman–Crippen MR) is 421 cm³/mol. The van der Waals surface area contributed by atoms with Crippen LogP contribution in [0.15, 0.2) is 5.16 Å². The first-order valence-electron chi connectivity index (χ1n) is 41.3. The Morgan fingerprint density at radius 2 is 0.814 bits per heavy atom. The highest BCUT2D eigenvalue weighted by Gasteiger charge is 2.58. The maximum atomic E-state index is 14.4. The molecule has 36 atom stereocenters. The third kappa shape index (κ3) is 23.9. The van der Waals surface area contributed by atoms with Gasteiger partial charge in [0, 0.05) is 102 Å². The fourth-order valence-corrected chi connectivity index (χ4v) is 18.6. The van der Waals surface area contributed by atoms with Crippen LogP contribution in [0.5, 0.6) is 0 Å². The number of aliphatic hydroxyl groups excluding tert-OH is 4. The molecule has 0 bridgehead atoms. The van der Waals surface area contributed by atoms with E-state index in [-0.39, 0.29) is 74.3 Å². The van der Waals surface area contributed by atoms with Gasteiger partial charge in [-0.3, -0.25) is 14.4 Å². The fraction of sp³-hybridized carbons (Fsp3) is 0.951. The molecule has 6 saturated heterocycles. The van der Waals surface area contributed by atoms with Crippen LogP contribution in [0.2, 0.25) is 0 Å². The zero-order valence-corrected chi connectivity index (χ0v) is 73.6. The van der Waals surface area contributed by atoms with Crippen molar-refractivity contribution in [3.8, 4) is 0 Å². The van der Waals surface area contributed by atoms with E-state index in [9.17, 15) is 50.2 Å². The number of oxime groups is 1. The highest BCUT2D eigenvalue weighted by Crippen LogP contribution is 2.46. The number of hydrogen-bond donors (Lipinski definition) is 9. The topological polar surface area (TPSA) is 411 Å². The molecule has 31 heteroatoms. The molecule has 0 spiro atoms. The third-order valence-corrected chi connectivity index (χ3v) is 25.9. The van der Waals surface area contributed by atoms with Crippen LogP contribution >= 0.6 is 0 Å². The average molecular weight is 1630 g/mol. The first-order valence-corrected chi connectivity index (χ1v) is 41.3. The van der Waals surface area contributed by atoms with E-state index in [0.717, 1.165) is 0 Å². The van der Waals surface area contributed by atoms with Gasteiger partial charge in [-0.05, 0) is 176 Å². The van der Waals surface area contributed by atoms with Crippen molar-refractivity contribution in [1.29, 1.82) is 0 Å². The number of ether oxygens (including phenoxy) is 16. The van der Waals surface area contributed by atoms with E-state index in [1.165, 1.54) is 21.0 Å². The smallest absolute Gasteiger partial charge is 0.311 e. The lowest BCUT2D eigenvalue weighted by Crippen LogP contribution is -2.61. The molecule has 0 aromatic rings. The summed E-state index contributed by atoms with van der Waals surface area (Å²) in [4.78, 5) is 46.7. The Morgan fingerprint density at radius 3 is 1.13 bits per heavy atom. The number of nitrogens with zero attached hydrogens (tertiary/aromatic N) is 3. The molecular weight excluding hydrogens is 1470 g/mol. The van der Waals surface area contributed by atoms with Gasteiger partial charge in [-0.2, -0.15) is 0 Å². The zero-order valence-electron chi connectivity index (χ0n) is 73.6. The number of ketones is 1. The van der Waals surface area contributed by atoms with Gasteiger partial charge in [-0.1, -0.05) is 60.5 Å². The van der Waals surface area contributed by atoms with Gasteiger partial charge >= 0.3 is 11.9 Å². The minimum Gasteiger partial charge on any atom is -0.459 e. The van der Waals surface area contributed by atoms with Crippen LogP contribution in [0.25, 0.3) is 0 Å². The van der Waals surface area contributed by atoms with Crippen LogP contribution < -0.4 is 11.5 Å². The number of esters is 2. The summed E-state index contributed by atoms with van der Waals surface area (Å²) in [5.74, 6) is -8.17. The molecule has 0 radical (unpaired) electrons. The van der Waals surface area contributed by atoms with Crippen molar-refractivity contribution in [3.63, 3.8) is 0 Å². The molecule has 6 aliphatic heterocycles. The number of cyclic esters (lactones) is 2. The Balaban J connectivity index is 0.000000404. The summed E-state index contributed by atoms with van der Waals surface area (Å²) in [7, 11) is 13.9. The number of nitrogens with two attached hydrogens (primary N) is 2. The molecule has 0 unspecified atom stereocenters. The summed E-state index contributed by atoms with van der Waals surface area (Å²) in [6.45, 7) is 37.2. The van der Waals surface area contributed by atoms with E-state index in [0.29, 0.717) is 52.0 Å². The number of carbonyl (C=O) groups excluding carboxylic acids is 3. The molecule has 11 N–H and O–H groups in total. The van der Waals surface area contributed by atoms with Crippen molar-refractivity contribution in [2.24, 2.45) is 64.0 Å². The molecule has 6 aliphatic rings. The van der Waals surface area contributed by atoms with E-state index in [1.54, 1.807) is 69.8 Å². The Morgan fingerprint density at radius 1 is 0.478 bits per heavy atom. The van der Waals surface area contributed by atoms with Gasteiger partial charge in [0.25, 0.3) is 0 Å². The van der Waals surface area contributed by atoms with Crippen molar-refractivity contribution < 1.29 is 126 Å². The maximum Gasteiger partial charge on any atom is 0.311 e. The van der Waals surface area contributed by atoms with Crippen LogP contribution in [0.4, 0.5) is 0 Å². The highest BCUT2D eigenvalue weighted by atomic mass is 16.7. The summed E-state index contributed by atoms with van der Waals surface area (Å²) in [6.07, 6.45) is -14.0. The molecule has 6 fully saturated rings. The minimum atomic E-state index is -1.96. The van der Waals surface area contributed by atoms with Crippen molar-refractivity contribution in [2.75, 3.05) is 82.9 Å². The molecule has 6 rings (SSSR count). The number of aliphatic hydroxyl groups is 6. The SMILES string of the molecule is CC[C@H]1OC(=O)[C@H](C)[C@@H](O[C@H]2C[C@@](C)(OC)[C@@H](OCCCN)[C@H](C)O2)[C@H](C)[C@@H](O[C@@H]2O[C@H](C)C[C@H](N(C)C)[C@H]2O)[C@](C)(OC)C[C@@H](C)/C(=N\O)[C@H](C)[C@@H](O)[C@]1(C)O.CC[C@H]1OC(=O)[C@H](C)[C@@H](O[C@H]2C[C@@](C)(OC)[C@@H](OCCCN)[C@H](C)O2)[C@H](C)[C@@H](O[C@@H]2O[C@H](C)C[C@H](N(C)C)[C@H]2O)[C@](C)(OC)C[C@@H](C)C(=O)[C@H](C)[C@@H](O)[C@]1(C)O. The first kappa shape index (κ1) is 101. The van der Waals surface area contributed by atoms with E-state index in [1.807, 2.05) is 114 Å². The number of Topliss-reactive ketones (excluding diaryl/α,β-unsaturated/α-hetero) is 1. The second-order valence-corrected chi connectivity index (χ2v) is 35.4. The number of carbonyl (C=O) groups is 3. The fourth-order valence-electron chi connectivity index (χ4n) is 18.6. The van der Waals surface area contributed by atoms with E-state index >= 15 is 0 Å². The Bertz CT molecular complexity index is 2930. The second kappa shape index (κ2) is 43.1. The number of hydrogen-bond acceptors (Lipinski definition) is 31. The quantitative estimate of drug-likeness (QED) is 0.0235. The molecule has 31 nitrogen and oxygen atoms in total. The summed E-state index contributed by atoms with van der Waals surface area (Å²) in [5.41, 5.74) is 3.63. The van der Waals surface area contributed by atoms with Crippen LogP contribution in [-0.4, -0.2) is 321 Å². The number of methoxy groups -OCH3 is 4. The van der Waals surface area contributed by atoms with Gasteiger partial charge < -0.3 is 133 Å². The number of rotatable bonds is 24. The van der Waals surface area contributed by atoms with Crippen molar-refractivity contribution >= 4 is 23.4 Å². The van der Waals surface area contributed by atoms with Crippen LogP contribution in [0.1, 0.15) is 203 Å². The molecule has 0 amide bonds. The van der Waals surface area contributed by atoms with Crippen molar-refractivity contribution in [1.82, 2.24) is 9.80 Å². The van der Waals surface area contributed by atoms with Gasteiger partial charge in [-0.15, -0.1) is 0 Å². The first-order chi connectivity index (χ1) is 52.6. The third-order valence-electron chi connectivity index (χ3n) is 25.9. The van der Waals surface area contributed by atoms with Gasteiger partial charge in [0.2, 0.25) is 0 Å².